The van der Waals surface area contributed by atoms with Gasteiger partial charge in [0.25, 0.3) is 5.91 Å². The number of nitrogens with one attached hydrogen (secondary N) is 1. The quantitative estimate of drug-likeness (QED) is 0.560. The molecule has 6 heteroatoms. The number of aryl methyl sites for hydroxylation is 1. The van der Waals surface area contributed by atoms with Crippen molar-refractivity contribution in [3.05, 3.63) is 63.1 Å². The van der Waals surface area contributed by atoms with Gasteiger partial charge in [-0.05, 0) is 64.7 Å². The van der Waals surface area contributed by atoms with E-state index in [0.29, 0.717) is 16.5 Å². The standard InChI is InChI=1S/C18H18BrClN2O2/c1-3-13-4-9-17(16(19)10-13)24-11-18(23)22-21-12(2)14-5-7-15(20)8-6-14/h4-10H,3,11H2,1-2H3,(H,22,23). The first-order valence-corrected chi connectivity index (χ1v) is 8.67. The second kappa shape index (κ2) is 8.85. The smallest absolute Gasteiger partial charge is 0.277 e. The molecular formula is C18H18BrClN2O2. The molecule has 0 fully saturated rings. The summed E-state index contributed by atoms with van der Waals surface area (Å²) in [6.07, 6.45) is 0.943. The number of benzene rings is 2. The molecule has 0 aliphatic carbocycles. The van der Waals surface area contributed by atoms with E-state index < -0.39 is 0 Å². The Hall–Kier alpha value is -1.85. The predicted octanol–water partition coefficient (Wildman–Crippen LogP) is 4.58. The van der Waals surface area contributed by atoms with Gasteiger partial charge < -0.3 is 4.74 Å². The highest BCUT2D eigenvalue weighted by atomic mass is 79.9. The van der Waals surface area contributed by atoms with Crippen molar-refractivity contribution in [1.29, 1.82) is 0 Å². The van der Waals surface area contributed by atoms with Crippen LogP contribution in [0.5, 0.6) is 5.75 Å². The van der Waals surface area contributed by atoms with Crippen LogP contribution in [0, 0.1) is 0 Å². The molecule has 0 aromatic heterocycles. The van der Waals surface area contributed by atoms with Crippen molar-refractivity contribution in [2.75, 3.05) is 6.61 Å². The SMILES string of the molecule is CCc1ccc(OCC(=O)NN=C(C)c2ccc(Cl)cc2)c(Br)c1. The van der Waals surface area contributed by atoms with Crippen molar-refractivity contribution in [3.63, 3.8) is 0 Å². The third kappa shape index (κ3) is 5.35. The molecule has 0 aliphatic heterocycles. The van der Waals surface area contributed by atoms with Crippen molar-refractivity contribution in [1.82, 2.24) is 5.43 Å². The normalized spacial score (nSPS) is 11.2. The Kier molecular flexibility index (Phi) is 6.82. The zero-order valence-corrected chi connectivity index (χ0v) is 15.8. The Morgan fingerprint density at radius 2 is 1.96 bits per heavy atom. The fourth-order valence-electron chi connectivity index (χ4n) is 1.96. The maximum atomic E-state index is 11.9. The van der Waals surface area contributed by atoms with Crippen LogP contribution < -0.4 is 10.2 Å². The molecule has 24 heavy (non-hydrogen) atoms. The molecule has 1 amide bonds. The van der Waals surface area contributed by atoms with Gasteiger partial charge in [-0.2, -0.15) is 5.10 Å². The van der Waals surface area contributed by atoms with Gasteiger partial charge in [-0.1, -0.05) is 36.7 Å². The summed E-state index contributed by atoms with van der Waals surface area (Å²) in [6.45, 7) is 3.78. The fourth-order valence-corrected chi connectivity index (χ4v) is 2.63. The predicted molar refractivity (Wildman–Crippen MR) is 101 cm³/mol. The summed E-state index contributed by atoms with van der Waals surface area (Å²) >= 11 is 9.29. The number of hydrazone groups is 1. The molecule has 2 aromatic carbocycles. The van der Waals surface area contributed by atoms with Gasteiger partial charge in [0.2, 0.25) is 0 Å². The number of carbonyl (C=O) groups excluding carboxylic acids is 1. The molecule has 0 saturated heterocycles. The van der Waals surface area contributed by atoms with E-state index in [9.17, 15) is 4.79 Å². The highest BCUT2D eigenvalue weighted by Crippen LogP contribution is 2.26. The van der Waals surface area contributed by atoms with E-state index >= 15 is 0 Å². The van der Waals surface area contributed by atoms with Crippen molar-refractivity contribution in [3.8, 4) is 5.75 Å². The van der Waals surface area contributed by atoms with Crippen LogP contribution in [0.1, 0.15) is 25.0 Å². The molecule has 0 unspecified atom stereocenters. The third-order valence-electron chi connectivity index (χ3n) is 3.37. The lowest BCUT2D eigenvalue weighted by atomic mass is 10.1. The van der Waals surface area contributed by atoms with E-state index in [0.717, 1.165) is 16.5 Å². The molecule has 0 saturated carbocycles. The number of rotatable bonds is 6. The number of carbonyl (C=O) groups is 1. The van der Waals surface area contributed by atoms with Gasteiger partial charge in [0.1, 0.15) is 5.75 Å². The van der Waals surface area contributed by atoms with Gasteiger partial charge in [0.15, 0.2) is 6.61 Å². The first kappa shape index (κ1) is 18.5. The van der Waals surface area contributed by atoms with Gasteiger partial charge in [-0.3, -0.25) is 4.79 Å². The summed E-state index contributed by atoms with van der Waals surface area (Å²) in [5, 5.41) is 4.72. The summed E-state index contributed by atoms with van der Waals surface area (Å²) in [6, 6.07) is 13.0. The first-order chi connectivity index (χ1) is 11.5. The second-order valence-corrected chi connectivity index (χ2v) is 6.44. The molecule has 4 nitrogen and oxygen atoms in total. The van der Waals surface area contributed by atoms with Gasteiger partial charge >= 0.3 is 0 Å². The van der Waals surface area contributed by atoms with Gasteiger partial charge in [-0.25, -0.2) is 5.43 Å². The monoisotopic (exact) mass is 408 g/mol. The highest BCUT2D eigenvalue weighted by molar-refractivity contribution is 9.10. The Balaban J connectivity index is 1.89. The average Bonchev–Trinajstić information content (AvgIpc) is 2.59. The largest absolute Gasteiger partial charge is 0.483 e. The van der Waals surface area contributed by atoms with Crippen LogP contribution in [0.15, 0.2) is 52.0 Å². The van der Waals surface area contributed by atoms with Gasteiger partial charge in [0.05, 0.1) is 10.2 Å². The van der Waals surface area contributed by atoms with Crippen LogP contribution >= 0.6 is 27.5 Å². The van der Waals surface area contributed by atoms with Crippen molar-refractivity contribution >= 4 is 39.1 Å². The van der Waals surface area contributed by atoms with Crippen molar-refractivity contribution < 1.29 is 9.53 Å². The molecule has 1 N–H and O–H groups in total. The Bertz CT molecular complexity index is 745. The summed E-state index contributed by atoms with van der Waals surface area (Å²) in [5.41, 5.74) is 5.26. The number of ether oxygens (including phenoxy) is 1. The molecule has 0 radical (unpaired) electrons. The molecule has 0 heterocycles. The van der Waals surface area contributed by atoms with Crippen LogP contribution in [0.2, 0.25) is 5.02 Å². The van der Waals surface area contributed by atoms with E-state index in [-0.39, 0.29) is 12.5 Å². The van der Waals surface area contributed by atoms with E-state index in [1.165, 1.54) is 5.56 Å². The molecule has 0 atom stereocenters. The number of halogens is 2. The third-order valence-corrected chi connectivity index (χ3v) is 4.25. The lowest BCUT2D eigenvalue weighted by Crippen LogP contribution is -2.25. The molecule has 0 spiro atoms. The average molecular weight is 410 g/mol. The van der Waals surface area contributed by atoms with Crippen LogP contribution in [-0.4, -0.2) is 18.2 Å². The van der Waals surface area contributed by atoms with Crippen LogP contribution in [0.3, 0.4) is 0 Å². The summed E-state index contributed by atoms with van der Waals surface area (Å²) in [7, 11) is 0. The van der Waals surface area contributed by atoms with Crippen LogP contribution in [0.4, 0.5) is 0 Å². The van der Waals surface area contributed by atoms with Gasteiger partial charge in [0, 0.05) is 5.02 Å². The highest BCUT2D eigenvalue weighted by Gasteiger charge is 2.06. The maximum absolute atomic E-state index is 11.9. The van der Waals surface area contributed by atoms with Crippen molar-refractivity contribution in [2.45, 2.75) is 20.3 Å². The molecule has 2 rings (SSSR count). The number of hydrogen-bond donors (Lipinski definition) is 1. The molecule has 0 bridgehead atoms. The lowest BCUT2D eigenvalue weighted by Gasteiger charge is -2.09. The number of nitrogens with zero attached hydrogens (tertiary/aromatic N) is 1. The number of hydrogen-bond acceptors (Lipinski definition) is 3. The van der Waals surface area contributed by atoms with Gasteiger partial charge in [-0.15, -0.1) is 0 Å². The summed E-state index contributed by atoms with van der Waals surface area (Å²) in [5.74, 6) is 0.301. The molecule has 2 aromatic rings. The minimum Gasteiger partial charge on any atom is -0.483 e. The van der Waals surface area contributed by atoms with Crippen LogP contribution in [0.25, 0.3) is 0 Å². The molecular weight excluding hydrogens is 392 g/mol. The summed E-state index contributed by atoms with van der Waals surface area (Å²) in [4.78, 5) is 11.9. The van der Waals surface area contributed by atoms with E-state index in [1.807, 2.05) is 37.3 Å². The second-order valence-electron chi connectivity index (χ2n) is 5.15. The minimum absolute atomic E-state index is 0.110. The van der Waals surface area contributed by atoms with E-state index in [1.54, 1.807) is 12.1 Å². The summed E-state index contributed by atoms with van der Waals surface area (Å²) < 4.78 is 6.34. The zero-order chi connectivity index (χ0) is 17.5. The van der Waals surface area contributed by atoms with Crippen LogP contribution in [-0.2, 0) is 11.2 Å². The zero-order valence-electron chi connectivity index (χ0n) is 13.5. The van der Waals surface area contributed by atoms with Crippen molar-refractivity contribution in [2.24, 2.45) is 5.10 Å². The maximum Gasteiger partial charge on any atom is 0.277 e. The first-order valence-electron chi connectivity index (χ1n) is 7.50. The number of amides is 1. The minimum atomic E-state index is -0.324. The Morgan fingerprint density at radius 1 is 1.25 bits per heavy atom. The fraction of sp³-hybridized carbons (Fsp3) is 0.222. The molecule has 126 valence electrons. The topological polar surface area (TPSA) is 50.7 Å². The lowest BCUT2D eigenvalue weighted by molar-refractivity contribution is -0.123. The van der Waals surface area contributed by atoms with E-state index in [2.05, 4.69) is 33.4 Å². The van der Waals surface area contributed by atoms with E-state index in [4.69, 9.17) is 16.3 Å². The Morgan fingerprint density at radius 3 is 2.58 bits per heavy atom. The molecule has 0 aliphatic rings. The Labute approximate surface area is 155 Å².